The van der Waals surface area contributed by atoms with E-state index in [-0.39, 0.29) is 6.42 Å². The van der Waals surface area contributed by atoms with Gasteiger partial charge in [-0.3, -0.25) is 0 Å². The van der Waals surface area contributed by atoms with Gasteiger partial charge in [0.2, 0.25) is 5.60 Å². The molecule has 1 aliphatic heterocycles. The molecule has 0 bridgehead atoms. The van der Waals surface area contributed by atoms with Crippen LogP contribution in [0.5, 0.6) is 11.5 Å². The number of rotatable bonds is 5. The molecule has 0 saturated heterocycles. The van der Waals surface area contributed by atoms with Gasteiger partial charge in [-0.15, -0.1) is 0 Å². The first-order valence-corrected chi connectivity index (χ1v) is 8.28. The molecule has 0 radical (unpaired) electrons. The summed E-state index contributed by atoms with van der Waals surface area (Å²) in [7, 11) is 0. The Kier molecular flexibility index (Phi) is 4.74. The summed E-state index contributed by atoms with van der Waals surface area (Å²) in [6, 6.07) is 13.9. The highest BCUT2D eigenvalue weighted by atomic mass is 16.6. The summed E-state index contributed by atoms with van der Waals surface area (Å²) in [5.41, 5.74) is -0.0743. The van der Waals surface area contributed by atoms with Gasteiger partial charge in [0.05, 0.1) is 12.2 Å². The third kappa shape index (κ3) is 3.65. The lowest BCUT2D eigenvalue weighted by Gasteiger charge is -2.32. The number of carbonyl (C=O) groups is 2. The van der Waals surface area contributed by atoms with Crippen LogP contribution in [0.1, 0.15) is 36.2 Å². The van der Waals surface area contributed by atoms with Crippen LogP contribution in [0.3, 0.4) is 0 Å². The molecule has 130 valence electrons. The maximum atomic E-state index is 12.6. The summed E-state index contributed by atoms with van der Waals surface area (Å²) < 4.78 is 16.3. The molecule has 0 N–H and O–H groups in total. The van der Waals surface area contributed by atoms with Gasteiger partial charge in [-0.05, 0) is 49.2 Å². The number of fused-ring (bicyclic) bond motifs is 1. The molecule has 25 heavy (non-hydrogen) atoms. The van der Waals surface area contributed by atoms with Gasteiger partial charge in [0, 0.05) is 6.42 Å². The van der Waals surface area contributed by atoms with Crippen LogP contribution in [0.15, 0.2) is 48.5 Å². The molecule has 0 spiro atoms. The largest absolute Gasteiger partial charge is 0.494 e. The first-order valence-electron chi connectivity index (χ1n) is 8.28. The van der Waals surface area contributed by atoms with Crippen LogP contribution in [0, 0.1) is 0 Å². The van der Waals surface area contributed by atoms with E-state index in [0.29, 0.717) is 23.7 Å². The van der Waals surface area contributed by atoms with Crippen LogP contribution in [0.25, 0.3) is 0 Å². The lowest BCUT2D eigenvalue weighted by Crippen LogP contribution is -2.48. The second-order valence-electron chi connectivity index (χ2n) is 6.16. The van der Waals surface area contributed by atoms with Crippen LogP contribution in [0.4, 0.5) is 0 Å². The van der Waals surface area contributed by atoms with E-state index in [4.69, 9.17) is 14.2 Å². The van der Waals surface area contributed by atoms with Crippen LogP contribution >= 0.6 is 0 Å². The van der Waals surface area contributed by atoms with Crippen molar-refractivity contribution in [2.45, 2.75) is 32.3 Å². The zero-order valence-corrected chi connectivity index (χ0v) is 14.3. The second-order valence-corrected chi connectivity index (χ2v) is 6.16. The summed E-state index contributed by atoms with van der Waals surface area (Å²) in [4.78, 5) is 24.7. The number of esters is 2. The van der Waals surface area contributed by atoms with E-state index < -0.39 is 17.5 Å². The molecular formula is C20H20O5. The second kappa shape index (κ2) is 6.97. The first-order chi connectivity index (χ1) is 12.0. The van der Waals surface area contributed by atoms with Gasteiger partial charge in [0.1, 0.15) is 11.5 Å². The molecule has 1 heterocycles. The molecule has 3 rings (SSSR count). The third-order valence-corrected chi connectivity index (χ3v) is 4.02. The highest BCUT2D eigenvalue weighted by Crippen LogP contribution is 2.30. The molecule has 2 aromatic carbocycles. The summed E-state index contributed by atoms with van der Waals surface area (Å²) in [5, 5.41) is 0. The van der Waals surface area contributed by atoms with E-state index in [2.05, 4.69) is 0 Å². The normalized spacial score (nSPS) is 18.9. The van der Waals surface area contributed by atoms with Gasteiger partial charge in [-0.2, -0.15) is 0 Å². The lowest BCUT2D eigenvalue weighted by molar-refractivity contribution is -0.155. The zero-order chi connectivity index (χ0) is 17.9. The Labute approximate surface area is 146 Å². The molecule has 5 heteroatoms. The van der Waals surface area contributed by atoms with Crippen molar-refractivity contribution in [2.75, 3.05) is 6.61 Å². The Balaban J connectivity index is 1.72. The van der Waals surface area contributed by atoms with Crippen molar-refractivity contribution in [3.8, 4) is 11.5 Å². The topological polar surface area (TPSA) is 61.8 Å². The maximum Gasteiger partial charge on any atom is 0.356 e. The molecule has 0 aromatic heterocycles. The molecule has 2 aromatic rings. The Morgan fingerprint density at radius 2 is 1.80 bits per heavy atom. The number of hydrogen-bond acceptors (Lipinski definition) is 5. The van der Waals surface area contributed by atoms with Gasteiger partial charge in [-0.25, -0.2) is 9.59 Å². The zero-order valence-electron chi connectivity index (χ0n) is 14.3. The van der Waals surface area contributed by atoms with E-state index in [9.17, 15) is 9.59 Å². The minimum Gasteiger partial charge on any atom is -0.494 e. The minimum atomic E-state index is -1.34. The smallest absolute Gasteiger partial charge is 0.356 e. The Bertz CT molecular complexity index is 781. The SMILES string of the molecule is CCCOc1ccc(OC(=O)C2(C)Cc3ccccc3C(=O)O2)cc1. The van der Waals surface area contributed by atoms with Crippen molar-refractivity contribution in [2.24, 2.45) is 0 Å². The van der Waals surface area contributed by atoms with E-state index in [1.54, 1.807) is 43.3 Å². The summed E-state index contributed by atoms with van der Waals surface area (Å²) in [5.74, 6) is -0.0157. The molecule has 1 atom stereocenters. The molecule has 1 aliphatic rings. The number of benzene rings is 2. The highest BCUT2D eigenvalue weighted by Gasteiger charge is 2.44. The quantitative estimate of drug-likeness (QED) is 0.615. The molecule has 0 aliphatic carbocycles. The van der Waals surface area contributed by atoms with Crippen LogP contribution in [-0.2, 0) is 16.0 Å². The van der Waals surface area contributed by atoms with E-state index >= 15 is 0 Å². The predicted octanol–water partition coefficient (Wildman–Crippen LogP) is 3.55. The highest BCUT2D eigenvalue weighted by molar-refractivity contribution is 5.96. The summed E-state index contributed by atoms with van der Waals surface area (Å²) in [6.45, 7) is 4.23. The van der Waals surface area contributed by atoms with Gasteiger partial charge in [0.25, 0.3) is 0 Å². The van der Waals surface area contributed by atoms with Gasteiger partial charge in [-0.1, -0.05) is 25.1 Å². The van der Waals surface area contributed by atoms with Crippen molar-refractivity contribution >= 4 is 11.9 Å². The molecule has 0 amide bonds. The average molecular weight is 340 g/mol. The van der Waals surface area contributed by atoms with Gasteiger partial charge in [0.15, 0.2) is 0 Å². The van der Waals surface area contributed by atoms with Gasteiger partial charge >= 0.3 is 11.9 Å². The molecule has 5 nitrogen and oxygen atoms in total. The van der Waals surface area contributed by atoms with E-state index in [1.807, 2.05) is 19.1 Å². The third-order valence-electron chi connectivity index (χ3n) is 4.02. The van der Waals surface area contributed by atoms with Crippen LogP contribution < -0.4 is 9.47 Å². The molecule has 0 saturated carbocycles. The van der Waals surface area contributed by atoms with Crippen molar-refractivity contribution in [1.29, 1.82) is 0 Å². The molecule has 0 fully saturated rings. The number of cyclic esters (lactones) is 1. The minimum absolute atomic E-state index is 0.283. The fourth-order valence-electron chi connectivity index (χ4n) is 2.69. The fraction of sp³-hybridized carbons (Fsp3) is 0.300. The molecular weight excluding hydrogens is 320 g/mol. The summed E-state index contributed by atoms with van der Waals surface area (Å²) >= 11 is 0. The monoisotopic (exact) mass is 340 g/mol. The predicted molar refractivity (Wildman–Crippen MR) is 91.8 cm³/mol. The Morgan fingerprint density at radius 1 is 1.12 bits per heavy atom. The van der Waals surface area contributed by atoms with Crippen molar-refractivity contribution < 1.29 is 23.8 Å². The summed E-state index contributed by atoms with van der Waals surface area (Å²) in [6.07, 6.45) is 1.20. The van der Waals surface area contributed by atoms with E-state index in [0.717, 1.165) is 12.0 Å². The van der Waals surface area contributed by atoms with Crippen molar-refractivity contribution in [3.63, 3.8) is 0 Å². The average Bonchev–Trinajstić information content (AvgIpc) is 2.61. The standard InChI is InChI=1S/C20H20O5/c1-3-12-23-15-8-10-16(11-9-15)24-19(22)20(2)13-14-6-4-5-7-17(14)18(21)25-20/h4-11H,3,12-13H2,1-2H3. The number of ether oxygens (including phenoxy) is 3. The van der Waals surface area contributed by atoms with Gasteiger partial charge < -0.3 is 14.2 Å². The van der Waals surface area contributed by atoms with Crippen molar-refractivity contribution in [1.82, 2.24) is 0 Å². The van der Waals surface area contributed by atoms with Crippen LogP contribution in [0.2, 0.25) is 0 Å². The van der Waals surface area contributed by atoms with Crippen molar-refractivity contribution in [3.05, 3.63) is 59.7 Å². The maximum absolute atomic E-state index is 12.6. The Hall–Kier alpha value is -2.82. The van der Waals surface area contributed by atoms with Crippen LogP contribution in [-0.4, -0.2) is 24.1 Å². The molecule has 1 unspecified atom stereocenters. The first kappa shape index (κ1) is 17.0. The lowest BCUT2D eigenvalue weighted by atomic mass is 9.90. The number of carbonyl (C=O) groups excluding carboxylic acids is 2. The van der Waals surface area contributed by atoms with E-state index in [1.165, 1.54) is 0 Å². The Morgan fingerprint density at radius 3 is 2.52 bits per heavy atom. The fourth-order valence-corrected chi connectivity index (χ4v) is 2.69. The number of hydrogen-bond donors (Lipinski definition) is 0.